The van der Waals surface area contributed by atoms with Crippen LogP contribution in [0.1, 0.15) is 37.8 Å². The second kappa shape index (κ2) is 7.87. The van der Waals surface area contributed by atoms with Crippen LogP contribution in [0, 0.1) is 5.92 Å². The molecule has 1 aliphatic heterocycles. The largest absolute Gasteiger partial charge is 0.496 e. The van der Waals surface area contributed by atoms with Crippen LogP contribution in [0.2, 0.25) is 5.02 Å². The van der Waals surface area contributed by atoms with Crippen molar-refractivity contribution < 1.29 is 9.47 Å². The molecule has 2 rings (SSSR count). The molecule has 1 unspecified atom stereocenters. The summed E-state index contributed by atoms with van der Waals surface area (Å²) in [5, 5.41) is 4.29. The van der Waals surface area contributed by atoms with Gasteiger partial charge < -0.3 is 14.8 Å². The number of halogens is 1. The van der Waals surface area contributed by atoms with Crippen molar-refractivity contribution >= 4 is 11.6 Å². The SMILES string of the molecule is CCNC(CC1CCOCC1)c1ccc(Cl)cc1OC. The first kappa shape index (κ1) is 15.6. The molecule has 1 N–H and O–H groups in total. The summed E-state index contributed by atoms with van der Waals surface area (Å²) in [4.78, 5) is 0. The first-order chi connectivity index (χ1) is 9.74. The first-order valence-electron chi connectivity index (χ1n) is 7.39. The third kappa shape index (κ3) is 4.11. The Hall–Kier alpha value is -0.770. The molecule has 1 aromatic carbocycles. The van der Waals surface area contributed by atoms with E-state index in [1.54, 1.807) is 7.11 Å². The Balaban J connectivity index is 2.14. The highest BCUT2D eigenvalue weighted by Gasteiger charge is 2.22. The molecule has 1 saturated heterocycles. The van der Waals surface area contributed by atoms with E-state index in [0.29, 0.717) is 17.0 Å². The van der Waals surface area contributed by atoms with Gasteiger partial charge in [0.25, 0.3) is 0 Å². The van der Waals surface area contributed by atoms with E-state index in [0.717, 1.165) is 44.8 Å². The maximum atomic E-state index is 6.05. The predicted molar refractivity (Wildman–Crippen MR) is 82.6 cm³/mol. The molecule has 0 aliphatic carbocycles. The summed E-state index contributed by atoms with van der Waals surface area (Å²) in [6.45, 7) is 4.86. The Bertz CT molecular complexity index is 419. The zero-order valence-corrected chi connectivity index (χ0v) is 13.1. The number of hydrogen-bond acceptors (Lipinski definition) is 3. The van der Waals surface area contributed by atoms with Gasteiger partial charge in [-0.25, -0.2) is 0 Å². The molecule has 20 heavy (non-hydrogen) atoms. The Morgan fingerprint density at radius 3 is 2.80 bits per heavy atom. The van der Waals surface area contributed by atoms with E-state index in [9.17, 15) is 0 Å². The summed E-state index contributed by atoms with van der Waals surface area (Å²) >= 11 is 6.05. The van der Waals surface area contributed by atoms with Crippen LogP contribution in [0.25, 0.3) is 0 Å². The Kier molecular flexibility index (Phi) is 6.14. The van der Waals surface area contributed by atoms with Crippen LogP contribution in [0.15, 0.2) is 18.2 Å². The molecule has 1 aromatic rings. The minimum Gasteiger partial charge on any atom is -0.496 e. The molecule has 0 radical (unpaired) electrons. The van der Waals surface area contributed by atoms with Crippen molar-refractivity contribution in [1.29, 1.82) is 0 Å². The Morgan fingerprint density at radius 1 is 1.40 bits per heavy atom. The van der Waals surface area contributed by atoms with Gasteiger partial charge in [0.1, 0.15) is 5.75 Å². The molecule has 0 spiro atoms. The van der Waals surface area contributed by atoms with Crippen molar-refractivity contribution in [2.45, 2.75) is 32.2 Å². The van der Waals surface area contributed by atoms with Gasteiger partial charge in [-0.1, -0.05) is 24.6 Å². The Labute approximate surface area is 126 Å². The lowest BCUT2D eigenvalue weighted by atomic mass is 9.89. The van der Waals surface area contributed by atoms with E-state index >= 15 is 0 Å². The Morgan fingerprint density at radius 2 is 2.15 bits per heavy atom. The van der Waals surface area contributed by atoms with E-state index in [1.165, 1.54) is 5.56 Å². The van der Waals surface area contributed by atoms with E-state index < -0.39 is 0 Å². The van der Waals surface area contributed by atoms with Crippen LogP contribution in [0.4, 0.5) is 0 Å². The number of rotatable bonds is 6. The molecule has 1 fully saturated rings. The van der Waals surface area contributed by atoms with Gasteiger partial charge in [0.15, 0.2) is 0 Å². The van der Waals surface area contributed by atoms with Crippen molar-refractivity contribution in [2.75, 3.05) is 26.9 Å². The minimum atomic E-state index is 0.315. The van der Waals surface area contributed by atoms with E-state index in [2.05, 4.69) is 18.3 Å². The molecule has 3 nitrogen and oxygen atoms in total. The van der Waals surface area contributed by atoms with Gasteiger partial charge in [-0.05, 0) is 43.9 Å². The van der Waals surface area contributed by atoms with E-state index in [-0.39, 0.29) is 0 Å². The third-order valence-electron chi connectivity index (χ3n) is 3.93. The fraction of sp³-hybridized carbons (Fsp3) is 0.625. The van der Waals surface area contributed by atoms with Crippen LogP contribution in [0.5, 0.6) is 5.75 Å². The lowest BCUT2D eigenvalue weighted by Gasteiger charge is -2.28. The zero-order valence-electron chi connectivity index (χ0n) is 12.3. The van der Waals surface area contributed by atoms with Crippen LogP contribution in [-0.4, -0.2) is 26.9 Å². The fourth-order valence-electron chi connectivity index (χ4n) is 2.85. The summed E-state index contributed by atoms with van der Waals surface area (Å²) in [5.74, 6) is 1.59. The molecular weight excluding hydrogens is 274 g/mol. The highest BCUT2D eigenvalue weighted by molar-refractivity contribution is 6.30. The minimum absolute atomic E-state index is 0.315. The van der Waals surface area contributed by atoms with Gasteiger partial charge in [-0.3, -0.25) is 0 Å². The summed E-state index contributed by atoms with van der Waals surface area (Å²) in [5.41, 5.74) is 1.20. The van der Waals surface area contributed by atoms with Crippen molar-refractivity contribution in [2.24, 2.45) is 5.92 Å². The van der Waals surface area contributed by atoms with Gasteiger partial charge in [0.2, 0.25) is 0 Å². The number of methoxy groups -OCH3 is 1. The van der Waals surface area contributed by atoms with E-state index in [1.807, 2.05) is 12.1 Å². The normalized spacial score (nSPS) is 17.9. The van der Waals surface area contributed by atoms with Gasteiger partial charge in [0.05, 0.1) is 7.11 Å². The van der Waals surface area contributed by atoms with Crippen molar-refractivity contribution in [3.63, 3.8) is 0 Å². The topological polar surface area (TPSA) is 30.5 Å². The standard InChI is InChI=1S/C16H24ClNO2/c1-3-18-15(10-12-6-8-20-9-7-12)14-5-4-13(17)11-16(14)19-2/h4-5,11-12,15,18H,3,6-10H2,1-2H3. The zero-order chi connectivity index (χ0) is 14.4. The van der Waals surface area contributed by atoms with Crippen molar-refractivity contribution in [3.05, 3.63) is 28.8 Å². The summed E-state index contributed by atoms with van der Waals surface area (Å²) in [6, 6.07) is 6.22. The number of nitrogens with one attached hydrogen (secondary N) is 1. The van der Waals surface area contributed by atoms with Crippen molar-refractivity contribution in [3.8, 4) is 5.75 Å². The van der Waals surface area contributed by atoms with Crippen LogP contribution in [0.3, 0.4) is 0 Å². The molecule has 1 heterocycles. The summed E-state index contributed by atoms with van der Waals surface area (Å²) in [7, 11) is 1.70. The molecule has 4 heteroatoms. The predicted octanol–water partition coefficient (Wildman–Crippen LogP) is 3.82. The molecule has 0 bridgehead atoms. The lowest BCUT2D eigenvalue weighted by Crippen LogP contribution is -2.26. The molecule has 0 amide bonds. The number of hydrogen-bond donors (Lipinski definition) is 1. The summed E-state index contributed by atoms with van der Waals surface area (Å²) in [6.07, 6.45) is 3.42. The highest BCUT2D eigenvalue weighted by atomic mass is 35.5. The number of benzene rings is 1. The lowest BCUT2D eigenvalue weighted by molar-refractivity contribution is 0.0605. The van der Waals surface area contributed by atoms with Gasteiger partial charge >= 0.3 is 0 Å². The van der Waals surface area contributed by atoms with Gasteiger partial charge in [0, 0.05) is 29.8 Å². The van der Waals surface area contributed by atoms with Crippen LogP contribution >= 0.6 is 11.6 Å². The third-order valence-corrected chi connectivity index (χ3v) is 4.17. The van der Waals surface area contributed by atoms with Gasteiger partial charge in [-0.2, -0.15) is 0 Å². The fourth-order valence-corrected chi connectivity index (χ4v) is 3.02. The summed E-state index contributed by atoms with van der Waals surface area (Å²) < 4.78 is 10.9. The molecule has 112 valence electrons. The molecular formula is C16H24ClNO2. The molecule has 1 atom stereocenters. The van der Waals surface area contributed by atoms with Crippen LogP contribution < -0.4 is 10.1 Å². The second-order valence-corrected chi connectivity index (χ2v) is 5.72. The van der Waals surface area contributed by atoms with Crippen molar-refractivity contribution in [1.82, 2.24) is 5.32 Å². The quantitative estimate of drug-likeness (QED) is 0.866. The highest BCUT2D eigenvalue weighted by Crippen LogP contribution is 2.34. The van der Waals surface area contributed by atoms with Crippen LogP contribution in [-0.2, 0) is 4.74 Å². The smallest absolute Gasteiger partial charge is 0.125 e. The molecule has 1 aliphatic rings. The van der Waals surface area contributed by atoms with E-state index in [4.69, 9.17) is 21.1 Å². The average molecular weight is 298 g/mol. The maximum absolute atomic E-state index is 6.05. The monoisotopic (exact) mass is 297 g/mol. The second-order valence-electron chi connectivity index (χ2n) is 5.29. The molecule has 0 aromatic heterocycles. The maximum Gasteiger partial charge on any atom is 0.125 e. The molecule has 0 saturated carbocycles. The first-order valence-corrected chi connectivity index (χ1v) is 7.77. The van der Waals surface area contributed by atoms with Gasteiger partial charge in [-0.15, -0.1) is 0 Å². The number of ether oxygens (including phenoxy) is 2. The average Bonchev–Trinajstić information content (AvgIpc) is 2.48.